The van der Waals surface area contributed by atoms with Crippen LogP contribution in [0.3, 0.4) is 0 Å². The van der Waals surface area contributed by atoms with Gasteiger partial charge in [-0.2, -0.15) is 8.42 Å². The van der Waals surface area contributed by atoms with Gasteiger partial charge < -0.3 is 0 Å². The Morgan fingerprint density at radius 2 is 1.39 bits per heavy atom. The van der Waals surface area contributed by atoms with Gasteiger partial charge in [0.1, 0.15) is 0 Å². The lowest BCUT2D eigenvalue weighted by molar-refractivity contribution is 0.203. The van der Waals surface area contributed by atoms with Crippen LogP contribution in [0.15, 0.2) is 23.1 Å². The number of rotatable bonds is 3. The molecule has 3 nitrogen and oxygen atoms in total. The first kappa shape index (κ1) is 20.2. The summed E-state index contributed by atoms with van der Waals surface area (Å²) < 4.78 is 31.0. The molecular weight excluding hydrogens is 308 g/mol. The molecule has 0 spiro atoms. The molecule has 23 heavy (non-hydrogen) atoms. The average Bonchev–Trinajstić information content (AvgIpc) is 2.33. The third-order valence-corrected chi connectivity index (χ3v) is 4.88. The Kier molecular flexibility index (Phi) is 5.45. The van der Waals surface area contributed by atoms with Gasteiger partial charge in [-0.15, -0.1) is 0 Å². The van der Waals surface area contributed by atoms with E-state index in [0.717, 1.165) is 11.1 Å². The Hall–Kier alpha value is -0.870. The summed E-state index contributed by atoms with van der Waals surface area (Å²) in [5.41, 5.74) is 1.17. The lowest BCUT2D eigenvalue weighted by atomic mass is 9.82. The van der Waals surface area contributed by atoms with Crippen LogP contribution in [0.5, 0.6) is 0 Å². The van der Waals surface area contributed by atoms with Crippen LogP contribution in [0.1, 0.15) is 73.4 Å². The fourth-order valence-electron chi connectivity index (χ4n) is 2.13. The minimum absolute atomic E-state index is 0.120. The van der Waals surface area contributed by atoms with Crippen LogP contribution in [-0.2, 0) is 25.1 Å². The predicted molar refractivity (Wildman–Crippen MR) is 96.4 cm³/mol. The largest absolute Gasteiger partial charge is 0.297 e. The molecule has 132 valence electrons. The molecule has 0 saturated heterocycles. The zero-order chi connectivity index (χ0) is 18.3. The fourth-order valence-corrected chi connectivity index (χ4v) is 3.68. The maximum atomic E-state index is 12.8. The van der Waals surface area contributed by atoms with Crippen LogP contribution in [0, 0.1) is 5.41 Å². The highest BCUT2D eigenvalue weighted by Gasteiger charge is 2.29. The van der Waals surface area contributed by atoms with Crippen LogP contribution in [0.4, 0.5) is 0 Å². The first-order valence-electron chi connectivity index (χ1n) is 8.08. The minimum Gasteiger partial charge on any atom is -0.266 e. The molecule has 0 aliphatic rings. The molecule has 0 fully saturated rings. The summed E-state index contributed by atoms with van der Waals surface area (Å²) >= 11 is 0. The van der Waals surface area contributed by atoms with Crippen molar-refractivity contribution in [3.05, 3.63) is 29.3 Å². The van der Waals surface area contributed by atoms with Gasteiger partial charge in [-0.3, -0.25) is 4.18 Å². The maximum Gasteiger partial charge on any atom is 0.297 e. The summed E-state index contributed by atoms with van der Waals surface area (Å²) in [5, 5.41) is 0. The van der Waals surface area contributed by atoms with Crippen molar-refractivity contribution < 1.29 is 12.6 Å². The quantitative estimate of drug-likeness (QED) is 0.725. The Morgan fingerprint density at radius 1 is 0.870 bits per heavy atom. The van der Waals surface area contributed by atoms with Gasteiger partial charge in [0.2, 0.25) is 0 Å². The van der Waals surface area contributed by atoms with Crippen molar-refractivity contribution in [1.29, 1.82) is 0 Å². The molecule has 0 aliphatic carbocycles. The van der Waals surface area contributed by atoms with Gasteiger partial charge in [0, 0.05) is 0 Å². The number of hydrogen-bond donors (Lipinski definition) is 0. The average molecular weight is 341 g/mol. The first-order valence-corrected chi connectivity index (χ1v) is 9.49. The second-order valence-corrected chi connectivity index (χ2v) is 11.1. The summed E-state index contributed by atoms with van der Waals surface area (Å²) in [6.45, 7) is 18.3. The van der Waals surface area contributed by atoms with E-state index in [2.05, 4.69) is 20.8 Å². The van der Waals surface area contributed by atoms with Gasteiger partial charge in [-0.05, 0) is 33.4 Å². The molecule has 1 rings (SSSR count). The summed E-state index contributed by atoms with van der Waals surface area (Å²) in [6.07, 6.45) is 0. The molecule has 0 amide bonds. The molecule has 0 N–H and O–H groups in total. The van der Waals surface area contributed by atoms with Crippen molar-refractivity contribution in [3.8, 4) is 0 Å². The van der Waals surface area contributed by atoms with Gasteiger partial charge in [0.25, 0.3) is 10.1 Å². The molecule has 0 radical (unpaired) electrons. The molecule has 0 unspecified atom stereocenters. The molecule has 4 heteroatoms. The van der Waals surface area contributed by atoms with E-state index < -0.39 is 10.1 Å². The third-order valence-electron chi connectivity index (χ3n) is 3.57. The Morgan fingerprint density at radius 3 is 1.78 bits per heavy atom. The number of hydrogen-bond acceptors (Lipinski definition) is 3. The molecule has 0 saturated carbocycles. The van der Waals surface area contributed by atoms with Gasteiger partial charge >= 0.3 is 0 Å². The fraction of sp³-hybridized carbons (Fsp3) is 0.684. The highest BCUT2D eigenvalue weighted by Crippen LogP contribution is 2.34. The highest BCUT2D eigenvalue weighted by atomic mass is 32.2. The minimum atomic E-state index is -3.79. The topological polar surface area (TPSA) is 43.4 Å². The maximum absolute atomic E-state index is 12.8. The zero-order valence-electron chi connectivity index (χ0n) is 16.1. The van der Waals surface area contributed by atoms with E-state index in [4.69, 9.17) is 4.18 Å². The normalized spacial score (nSPS) is 14.1. The van der Waals surface area contributed by atoms with E-state index >= 15 is 0 Å². The van der Waals surface area contributed by atoms with Crippen LogP contribution in [0.25, 0.3) is 0 Å². The Bertz CT molecular complexity index is 651. The van der Waals surface area contributed by atoms with Gasteiger partial charge in [0.15, 0.2) is 0 Å². The SMILES string of the molecule is CC(C)(C)COS(=O)(=O)c1cc(C(C)(C)C)ccc1C(C)(C)C. The summed E-state index contributed by atoms with van der Waals surface area (Å²) in [4.78, 5) is 0.293. The molecule has 0 aliphatic heterocycles. The van der Waals surface area contributed by atoms with E-state index in [1.165, 1.54) is 0 Å². The van der Waals surface area contributed by atoms with Crippen molar-refractivity contribution in [1.82, 2.24) is 0 Å². The van der Waals surface area contributed by atoms with Gasteiger partial charge in [-0.1, -0.05) is 74.4 Å². The standard InChI is InChI=1S/C19H32O3S/c1-17(2,3)13-22-23(20,21)16-12-14(18(4,5)6)10-11-15(16)19(7,8)9/h10-12H,13H2,1-9H3. The van der Waals surface area contributed by atoms with Gasteiger partial charge in [-0.25, -0.2) is 0 Å². The summed E-state index contributed by atoms with van der Waals surface area (Å²) in [7, 11) is -3.79. The monoisotopic (exact) mass is 340 g/mol. The van der Waals surface area contributed by atoms with E-state index in [9.17, 15) is 8.42 Å². The second-order valence-electron chi connectivity index (χ2n) is 9.49. The summed E-state index contributed by atoms with van der Waals surface area (Å²) in [6, 6.07) is 5.72. The van der Waals surface area contributed by atoms with Crippen LogP contribution in [0.2, 0.25) is 0 Å². The van der Waals surface area contributed by atoms with Crippen molar-refractivity contribution in [2.45, 2.75) is 78.0 Å². The first-order chi connectivity index (χ1) is 10.0. The third kappa shape index (κ3) is 5.61. The molecule has 0 heterocycles. The van der Waals surface area contributed by atoms with Crippen LogP contribution >= 0.6 is 0 Å². The lowest BCUT2D eigenvalue weighted by Crippen LogP contribution is -2.23. The second kappa shape index (κ2) is 6.21. The summed E-state index contributed by atoms with van der Waals surface area (Å²) in [5.74, 6) is 0. The highest BCUT2D eigenvalue weighted by molar-refractivity contribution is 7.86. The zero-order valence-corrected chi connectivity index (χ0v) is 16.9. The van der Waals surface area contributed by atoms with Crippen molar-refractivity contribution in [3.63, 3.8) is 0 Å². The van der Waals surface area contributed by atoms with Crippen molar-refractivity contribution in [2.24, 2.45) is 5.41 Å². The van der Waals surface area contributed by atoms with Crippen molar-refractivity contribution >= 4 is 10.1 Å². The molecular formula is C19H32O3S. The van der Waals surface area contributed by atoms with Crippen LogP contribution in [-0.4, -0.2) is 15.0 Å². The molecule has 0 aromatic heterocycles. The van der Waals surface area contributed by atoms with E-state index in [0.29, 0.717) is 4.90 Å². The van der Waals surface area contributed by atoms with E-state index in [1.807, 2.05) is 53.7 Å². The molecule has 1 aromatic carbocycles. The molecule has 1 aromatic rings. The molecule has 0 bridgehead atoms. The Balaban J connectivity index is 3.46. The van der Waals surface area contributed by atoms with Crippen molar-refractivity contribution in [2.75, 3.05) is 6.61 Å². The number of benzene rings is 1. The smallest absolute Gasteiger partial charge is 0.266 e. The Labute approximate surface area is 142 Å². The van der Waals surface area contributed by atoms with E-state index in [-0.39, 0.29) is 22.9 Å². The van der Waals surface area contributed by atoms with Gasteiger partial charge in [0.05, 0.1) is 11.5 Å². The molecule has 0 atom stereocenters. The van der Waals surface area contributed by atoms with Crippen LogP contribution < -0.4 is 0 Å². The van der Waals surface area contributed by atoms with E-state index in [1.54, 1.807) is 6.07 Å². The predicted octanol–water partition coefficient (Wildman–Crippen LogP) is 5.03. The lowest BCUT2D eigenvalue weighted by Gasteiger charge is -2.27.